The van der Waals surface area contributed by atoms with E-state index in [0.717, 1.165) is 12.5 Å². The monoisotopic (exact) mass is 155 g/mol. The molecule has 0 bridgehead atoms. The van der Waals surface area contributed by atoms with Gasteiger partial charge in [0.1, 0.15) is 0 Å². The van der Waals surface area contributed by atoms with Gasteiger partial charge in [-0.3, -0.25) is 0 Å². The SMILES string of the molecule is CC1CCCN(C[C@H]2CO2)C1. The lowest BCUT2D eigenvalue weighted by Crippen LogP contribution is -2.36. The Kier molecular flexibility index (Phi) is 2.14. The first kappa shape index (κ1) is 7.56. The standard InChI is InChI=1S/C9H17NO/c1-8-3-2-4-10(5-8)6-9-7-11-9/h8-9H,2-7H2,1H3/t8?,9-/m0/s1. The lowest BCUT2D eigenvalue weighted by Gasteiger charge is -2.30. The van der Waals surface area contributed by atoms with Crippen LogP contribution in [0, 0.1) is 5.92 Å². The largest absolute Gasteiger partial charge is 0.372 e. The van der Waals surface area contributed by atoms with E-state index >= 15 is 0 Å². The van der Waals surface area contributed by atoms with Crippen molar-refractivity contribution in [2.24, 2.45) is 5.92 Å². The molecule has 2 aliphatic rings. The van der Waals surface area contributed by atoms with E-state index in [9.17, 15) is 0 Å². The zero-order valence-electron chi connectivity index (χ0n) is 7.25. The Labute approximate surface area is 68.5 Å². The maximum absolute atomic E-state index is 5.20. The van der Waals surface area contributed by atoms with Crippen molar-refractivity contribution in [2.45, 2.75) is 25.9 Å². The number of piperidine rings is 1. The van der Waals surface area contributed by atoms with Gasteiger partial charge in [-0.25, -0.2) is 0 Å². The van der Waals surface area contributed by atoms with Crippen LogP contribution in [0.2, 0.25) is 0 Å². The summed E-state index contributed by atoms with van der Waals surface area (Å²) in [5, 5.41) is 0. The van der Waals surface area contributed by atoms with Crippen LogP contribution in [0.4, 0.5) is 0 Å². The van der Waals surface area contributed by atoms with Crippen LogP contribution in [0.3, 0.4) is 0 Å². The number of nitrogens with zero attached hydrogens (tertiary/aromatic N) is 1. The zero-order valence-corrected chi connectivity index (χ0v) is 7.25. The van der Waals surface area contributed by atoms with Gasteiger partial charge in [-0.1, -0.05) is 6.92 Å². The fraction of sp³-hybridized carbons (Fsp3) is 1.00. The molecule has 1 unspecified atom stereocenters. The normalized spacial score (nSPS) is 39.0. The summed E-state index contributed by atoms with van der Waals surface area (Å²) in [5.74, 6) is 0.905. The summed E-state index contributed by atoms with van der Waals surface area (Å²) < 4.78 is 5.20. The molecular formula is C9H17NO. The first-order valence-electron chi connectivity index (χ1n) is 4.68. The molecule has 0 radical (unpaired) electrons. The van der Waals surface area contributed by atoms with Crippen molar-refractivity contribution in [3.63, 3.8) is 0 Å². The molecule has 0 spiro atoms. The number of hydrogen-bond donors (Lipinski definition) is 0. The van der Waals surface area contributed by atoms with Gasteiger partial charge in [-0.2, -0.15) is 0 Å². The van der Waals surface area contributed by atoms with Crippen LogP contribution in [0.15, 0.2) is 0 Å². The molecule has 0 saturated carbocycles. The second kappa shape index (κ2) is 3.11. The average Bonchev–Trinajstić information content (AvgIpc) is 2.71. The van der Waals surface area contributed by atoms with Crippen molar-refractivity contribution in [1.29, 1.82) is 0 Å². The van der Waals surface area contributed by atoms with Gasteiger partial charge in [0.2, 0.25) is 0 Å². The van der Waals surface area contributed by atoms with Crippen LogP contribution in [0.1, 0.15) is 19.8 Å². The molecule has 2 saturated heterocycles. The molecule has 64 valence electrons. The Hall–Kier alpha value is -0.0800. The van der Waals surface area contributed by atoms with E-state index in [1.165, 1.54) is 32.5 Å². The van der Waals surface area contributed by atoms with E-state index in [0.29, 0.717) is 6.10 Å². The van der Waals surface area contributed by atoms with E-state index in [-0.39, 0.29) is 0 Å². The summed E-state index contributed by atoms with van der Waals surface area (Å²) in [6.45, 7) is 7.12. The Bertz CT molecular complexity index is 132. The number of epoxide rings is 1. The molecule has 0 aromatic rings. The number of hydrogen-bond acceptors (Lipinski definition) is 2. The molecule has 2 aliphatic heterocycles. The van der Waals surface area contributed by atoms with E-state index in [1.54, 1.807) is 0 Å². The van der Waals surface area contributed by atoms with E-state index < -0.39 is 0 Å². The van der Waals surface area contributed by atoms with E-state index in [4.69, 9.17) is 4.74 Å². The topological polar surface area (TPSA) is 15.8 Å². The zero-order chi connectivity index (χ0) is 7.68. The average molecular weight is 155 g/mol. The third kappa shape index (κ3) is 2.17. The summed E-state index contributed by atoms with van der Waals surface area (Å²) in [6.07, 6.45) is 3.39. The van der Waals surface area contributed by atoms with Crippen molar-refractivity contribution in [3.05, 3.63) is 0 Å². The van der Waals surface area contributed by atoms with Gasteiger partial charge >= 0.3 is 0 Å². The molecule has 2 atom stereocenters. The molecule has 0 aromatic heterocycles. The lowest BCUT2D eigenvalue weighted by atomic mass is 10.0. The van der Waals surface area contributed by atoms with Crippen LogP contribution in [-0.2, 0) is 4.74 Å². The molecule has 0 aliphatic carbocycles. The quantitative estimate of drug-likeness (QED) is 0.555. The molecule has 2 nitrogen and oxygen atoms in total. The molecule has 0 aromatic carbocycles. The first-order valence-corrected chi connectivity index (χ1v) is 4.68. The molecule has 2 heterocycles. The smallest absolute Gasteiger partial charge is 0.0936 e. The van der Waals surface area contributed by atoms with Gasteiger partial charge in [0, 0.05) is 13.1 Å². The van der Waals surface area contributed by atoms with Gasteiger partial charge in [0.25, 0.3) is 0 Å². The minimum absolute atomic E-state index is 0.584. The Balaban J connectivity index is 1.73. The van der Waals surface area contributed by atoms with Crippen LogP contribution >= 0.6 is 0 Å². The molecular weight excluding hydrogens is 138 g/mol. The molecule has 0 N–H and O–H groups in total. The van der Waals surface area contributed by atoms with Crippen LogP contribution in [-0.4, -0.2) is 37.2 Å². The molecule has 0 amide bonds. The lowest BCUT2D eigenvalue weighted by molar-refractivity contribution is 0.169. The maximum Gasteiger partial charge on any atom is 0.0936 e. The summed E-state index contributed by atoms with van der Waals surface area (Å²) >= 11 is 0. The van der Waals surface area contributed by atoms with Crippen molar-refractivity contribution in [2.75, 3.05) is 26.2 Å². The minimum Gasteiger partial charge on any atom is -0.372 e. The van der Waals surface area contributed by atoms with Crippen LogP contribution in [0.5, 0.6) is 0 Å². The minimum atomic E-state index is 0.584. The second-order valence-electron chi connectivity index (χ2n) is 3.96. The van der Waals surface area contributed by atoms with Gasteiger partial charge in [-0.05, 0) is 25.3 Å². The van der Waals surface area contributed by atoms with Crippen molar-refractivity contribution in [3.8, 4) is 0 Å². The number of likely N-dealkylation sites (tertiary alicyclic amines) is 1. The molecule has 11 heavy (non-hydrogen) atoms. The highest BCUT2D eigenvalue weighted by molar-refractivity contribution is 4.78. The predicted molar refractivity (Wildman–Crippen MR) is 44.6 cm³/mol. The van der Waals surface area contributed by atoms with Crippen molar-refractivity contribution in [1.82, 2.24) is 4.90 Å². The Morgan fingerprint density at radius 1 is 1.55 bits per heavy atom. The summed E-state index contributed by atoms with van der Waals surface area (Å²) in [5.41, 5.74) is 0. The van der Waals surface area contributed by atoms with Crippen LogP contribution in [0.25, 0.3) is 0 Å². The summed E-state index contributed by atoms with van der Waals surface area (Å²) in [6, 6.07) is 0. The summed E-state index contributed by atoms with van der Waals surface area (Å²) in [7, 11) is 0. The number of rotatable bonds is 2. The highest BCUT2D eigenvalue weighted by Crippen LogP contribution is 2.18. The Morgan fingerprint density at radius 3 is 3.00 bits per heavy atom. The van der Waals surface area contributed by atoms with Gasteiger partial charge in [0.05, 0.1) is 12.7 Å². The fourth-order valence-electron chi connectivity index (χ4n) is 1.91. The van der Waals surface area contributed by atoms with E-state index in [2.05, 4.69) is 11.8 Å². The highest BCUT2D eigenvalue weighted by atomic mass is 16.6. The van der Waals surface area contributed by atoms with Gasteiger partial charge < -0.3 is 9.64 Å². The third-order valence-electron chi connectivity index (χ3n) is 2.61. The highest BCUT2D eigenvalue weighted by Gasteiger charge is 2.27. The summed E-state index contributed by atoms with van der Waals surface area (Å²) in [4.78, 5) is 2.55. The molecule has 2 heteroatoms. The predicted octanol–water partition coefficient (Wildman–Crippen LogP) is 1.12. The van der Waals surface area contributed by atoms with Crippen molar-refractivity contribution < 1.29 is 4.74 Å². The van der Waals surface area contributed by atoms with Crippen molar-refractivity contribution >= 4 is 0 Å². The first-order chi connectivity index (χ1) is 5.34. The number of ether oxygens (including phenoxy) is 1. The van der Waals surface area contributed by atoms with Gasteiger partial charge in [0.15, 0.2) is 0 Å². The fourth-order valence-corrected chi connectivity index (χ4v) is 1.91. The van der Waals surface area contributed by atoms with Gasteiger partial charge in [-0.15, -0.1) is 0 Å². The molecule has 2 fully saturated rings. The third-order valence-corrected chi connectivity index (χ3v) is 2.61. The molecule has 2 rings (SSSR count). The maximum atomic E-state index is 5.20. The van der Waals surface area contributed by atoms with E-state index in [1.807, 2.05) is 0 Å². The second-order valence-corrected chi connectivity index (χ2v) is 3.96. The van der Waals surface area contributed by atoms with Crippen LogP contribution < -0.4 is 0 Å². The Morgan fingerprint density at radius 2 is 2.36 bits per heavy atom.